The molecule has 116 valence electrons. The molecule has 0 amide bonds. The molecule has 1 aliphatic heterocycles. The summed E-state index contributed by atoms with van der Waals surface area (Å²) in [4.78, 5) is 16.3. The number of thioether (sulfide) groups is 1. The predicted molar refractivity (Wildman–Crippen MR) is 84.5 cm³/mol. The summed E-state index contributed by atoms with van der Waals surface area (Å²) < 4.78 is 24.8. The summed E-state index contributed by atoms with van der Waals surface area (Å²) in [6.45, 7) is 5.85. The van der Waals surface area contributed by atoms with Crippen molar-refractivity contribution in [1.29, 1.82) is 0 Å². The molecule has 1 unspecified atom stereocenters. The van der Waals surface area contributed by atoms with E-state index in [1.807, 2.05) is 13.2 Å². The zero-order valence-electron chi connectivity index (χ0n) is 12.5. The quantitative estimate of drug-likeness (QED) is 0.747. The Bertz CT molecular complexity index is 662. The van der Waals surface area contributed by atoms with Crippen LogP contribution in [0.25, 0.3) is 6.20 Å². The first-order chi connectivity index (χ1) is 9.96. The Morgan fingerprint density at radius 1 is 1.38 bits per heavy atom. The largest absolute Gasteiger partial charge is 0.358 e. The maximum absolute atomic E-state index is 13.4. The average molecular weight is 330 g/mol. The Labute approximate surface area is 128 Å². The van der Waals surface area contributed by atoms with Crippen molar-refractivity contribution < 1.29 is 13.6 Å². The van der Waals surface area contributed by atoms with Crippen molar-refractivity contribution in [2.24, 2.45) is 0 Å². The molecule has 21 heavy (non-hydrogen) atoms. The average Bonchev–Trinajstić information content (AvgIpc) is 2.74. The van der Waals surface area contributed by atoms with Crippen molar-refractivity contribution in [3.05, 3.63) is 34.0 Å². The number of aromatic nitrogens is 2. The van der Waals surface area contributed by atoms with E-state index in [0.29, 0.717) is 5.82 Å². The van der Waals surface area contributed by atoms with Gasteiger partial charge >= 0.3 is 7.60 Å². The van der Waals surface area contributed by atoms with Gasteiger partial charge in [-0.2, -0.15) is 0 Å². The van der Waals surface area contributed by atoms with E-state index in [2.05, 4.69) is 4.98 Å². The summed E-state index contributed by atoms with van der Waals surface area (Å²) >= 11 is 1.32. The van der Waals surface area contributed by atoms with Gasteiger partial charge in [0.2, 0.25) is 0 Å². The molecule has 8 heteroatoms. The first-order valence-corrected chi connectivity index (χ1v) is 9.44. The normalized spacial score (nSPS) is 21.2. The van der Waals surface area contributed by atoms with Gasteiger partial charge in [-0.3, -0.25) is 13.9 Å². The van der Waals surface area contributed by atoms with Gasteiger partial charge < -0.3 is 9.05 Å². The van der Waals surface area contributed by atoms with Gasteiger partial charge in [0.1, 0.15) is 5.82 Å². The third-order valence-electron chi connectivity index (χ3n) is 3.32. The van der Waals surface area contributed by atoms with E-state index in [-0.39, 0.29) is 18.8 Å². The Kier molecular flexibility index (Phi) is 4.78. The Hall–Kier alpha value is -0.880. The van der Waals surface area contributed by atoms with Crippen LogP contribution in [-0.2, 0) is 18.1 Å². The molecule has 0 saturated carbocycles. The molecule has 1 aliphatic rings. The molecule has 1 aromatic rings. The SMILES string of the molecule is CCOP(=O)(OCC)C1(SC)C(C)=Cn2c1nccc2=O. The van der Waals surface area contributed by atoms with Crippen LogP contribution in [0.3, 0.4) is 0 Å². The maximum atomic E-state index is 13.4. The lowest BCUT2D eigenvalue weighted by Crippen LogP contribution is -2.29. The van der Waals surface area contributed by atoms with Crippen LogP contribution in [0.2, 0.25) is 0 Å². The van der Waals surface area contributed by atoms with Gasteiger partial charge in [0.15, 0.2) is 4.49 Å². The minimum absolute atomic E-state index is 0.213. The lowest BCUT2D eigenvalue weighted by atomic mass is 10.2. The standard InChI is InChI=1S/C13H19N2O4PS/c1-5-18-20(17,19-6-2)13(21-4)10(3)9-15-11(16)7-8-14-12(13)15/h7-9H,5-6H2,1-4H3. The number of fused-ring (bicyclic) bond motifs is 1. The lowest BCUT2D eigenvalue weighted by Gasteiger charge is -2.34. The van der Waals surface area contributed by atoms with E-state index in [4.69, 9.17) is 9.05 Å². The third kappa shape index (κ3) is 2.32. The minimum Gasteiger partial charge on any atom is -0.307 e. The molecular formula is C13H19N2O4PS. The Balaban J connectivity index is 2.74. The van der Waals surface area contributed by atoms with E-state index in [9.17, 15) is 9.36 Å². The molecule has 0 N–H and O–H groups in total. The van der Waals surface area contributed by atoms with Gasteiger partial charge in [0, 0.05) is 18.5 Å². The highest BCUT2D eigenvalue weighted by atomic mass is 32.2. The molecule has 6 nitrogen and oxygen atoms in total. The van der Waals surface area contributed by atoms with Crippen molar-refractivity contribution >= 4 is 25.6 Å². The van der Waals surface area contributed by atoms with Crippen molar-refractivity contribution in [1.82, 2.24) is 9.55 Å². The van der Waals surface area contributed by atoms with Crippen LogP contribution in [0, 0.1) is 0 Å². The molecule has 0 aromatic carbocycles. The van der Waals surface area contributed by atoms with Gasteiger partial charge in [-0.25, -0.2) is 4.98 Å². The Morgan fingerprint density at radius 2 is 2.00 bits per heavy atom. The summed E-state index contributed by atoms with van der Waals surface area (Å²) in [5, 5.41) is 0. The highest BCUT2D eigenvalue weighted by molar-refractivity contribution is 8.05. The first-order valence-electron chi connectivity index (χ1n) is 6.68. The third-order valence-corrected chi connectivity index (χ3v) is 8.15. The summed E-state index contributed by atoms with van der Waals surface area (Å²) in [5.41, 5.74) is 0.519. The number of rotatable bonds is 6. The molecule has 2 rings (SSSR count). The second-order valence-electron chi connectivity index (χ2n) is 4.47. The molecule has 0 saturated heterocycles. The predicted octanol–water partition coefficient (Wildman–Crippen LogP) is 2.90. The van der Waals surface area contributed by atoms with E-state index in [0.717, 1.165) is 5.57 Å². The monoisotopic (exact) mass is 330 g/mol. The van der Waals surface area contributed by atoms with Crippen molar-refractivity contribution in [2.75, 3.05) is 19.5 Å². The summed E-state index contributed by atoms with van der Waals surface area (Å²) in [6.07, 6.45) is 4.90. The zero-order valence-corrected chi connectivity index (χ0v) is 14.2. The number of hydrogen-bond donors (Lipinski definition) is 0. The van der Waals surface area contributed by atoms with E-state index >= 15 is 0 Å². The van der Waals surface area contributed by atoms with Crippen molar-refractivity contribution in [3.8, 4) is 0 Å². The Morgan fingerprint density at radius 3 is 2.52 bits per heavy atom. The molecule has 1 aromatic heterocycles. The van der Waals surface area contributed by atoms with Gasteiger partial charge in [-0.1, -0.05) is 0 Å². The van der Waals surface area contributed by atoms with Crippen molar-refractivity contribution in [3.63, 3.8) is 0 Å². The molecule has 0 bridgehead atoms. The summed E-state index contributed by atoms with van der Waals surface area (Å²) in [5.74, 6) is 0.394. The van der Waals surface area contributed by atoms with Gasteiger partial charge in [-0.15, -0.1) is 11.8 Å². The second kappa shape index (κ2) is 6.08. The molecule has 0 radical (unpaired) electrons. The smallest absolute Gasteiger partial charge is 0.307 e. The molecular weight excluding hydrogens is 311 g/mol. The van der Waals surface area contributed by atoms with Crippen LogP contribution in [0.5, 0.6) is 0 Å². The minimum atomic E-state index is -3.53. The fraction of sp³-hybridized carbons (Fsp3) is 0.538. The van der Waals surface area contributed by atoms with Gasteiger partial charge in [0.25, 0.3) is 5.56 Å². The lowest BCUT2D eigenvalue weighted by molar-refractivity contribution is 0.211. The maximum Gasteiger partial charge on any atom is 0.358 e. The summed E-state index contributed by atoms with van der Waals surface area (Å²) in [6, 6.07) is 1.37. The van der Waals surface area contributed by atoms with Crippen LogP contribution in [0.1, 0.15) is 26.6 Å². The molecule has 0 spiro atoms. The first kappa shape index (κ1) is 16.5. The fourth-order valence-electron chi connectivity index (χ4n) is 2.51. The van der Waals surface area contributed by atoms with Crippen LogP contribution in [0.15, 0.2) is 22.6 Å². The van der Waals surface area contributed by atoms with Crippen LogP contribution < -0.4 is 5.56 Å². The number of hydrogen-bond acceptors (Lipinski definition) is 6. The molecule has 2 heterocycles. The van der Waals surface area contributed by atoms with Gasteiger partial charge in [-0.05, 0) is 32.6 Å². The molecule has 0 aliphatic carbocycles. The van der Waals surface area contributed by atoms with E-state index in [1.54, 1.807) is 20.0 Å². The fourth-order valence-corrected chi connectivity index (χ4v) is 6.45. The van der Waals surface area contributed by atoms with E-state index in [1.165, 1.54) is 28.6 Å². The van der Waals surface area contributed by atoms with Crippen LogP contribution in [0.4, 0.5) is 0 Å². The van der Waals surface area contributed by atoms with Gasteiger partial charge in [0.05, 0.1) is 13.2 Å². The van der Waals surface area contributed by atoms with Crippen LogP contribution >= 0.6 is 19.4 Å². The topological polar surface area (TPSA) is 70.4 Å². The highest BCUT2D eigenvalue weighted by Gasteiger charge is 2.58. The van der Waals surface area contributed by atoms with Crippen LogP contribution in [-0.4, -0.2) is 29.0 Å². The second-order valence-corrected chi connectivity index (χ2v) is 7.98. The molecule has 1 atom stereocenters. The molecule has 0 fully saturated rings. The summed E-state index contributed by atoms with van der Waals surface area (Å²) in [7, 11) is -3.53. The highest BCUT2D eigenvalue weighted by Crippen LogP contribution is 2.73. The zero-order chi connectivity index (χ0) is 15.7. The van der Waals surface area contributed by atoms with E-state index < -0.39 is 12.1 Å². The van der Waals surface area contributed by atoms with Crippen molar-refractivity contribution in [2.45, 2.75) is 25.3 Å². The number of nitrogens with zero attached hydrogens (tertiary/aromatic N) is 2.